The Hall–Kier alpha value is -2.42. The first-order chi connectivity index (χ1) is 12.1. The minimum absolute atomic E-state index is 0.0989. The first-order valence-electron chi connectivity index (χ1n) is 7.87. The van der Waals surface area contributed by atoms with Crippen LogP contribution in [0.4, 0.5) is 5.69 Å². The molecule has 0 aromatic heterocycles. The molecule has 25 heavy (non-hydrogen) atoms. The number of hydrogen-bond acceptors (Lipinski definition) is 5. The van der Waals surface area contributed by atoms with Crippen LogP contribution < -0.4 is 10.9 Å². The number of hydrogen-bond donors (Lipinski definition) is 2. The van der Waals surface area contributed by atoms with Crippen LogP contribution in [-0.2, 0) is 14.8 Å². The summed E-state index contributed by atoms with van der Waals surface area (Å²) in [5.74, 6) is -0.414. The maximum atomic E-state index is 12.7. The second-order valence-electron chi connectivity index (χ2n) is 5.49. The zero-order valence-electron chi connectivity index (χ0n) is 13.5. The molecule has 0 spiro atoms. The molecule has 2 aromatic carbocycles. The number of benzene rings is 2. The van der Waals surface area contributed by atoms with Crippen molar-refractivity contribution in [2.75, 3.05) is 31.7 Å². The number of anilines is 1. The van der Waals surface area contributed by atoms with Gasteiger partial charge in [-0.2, -0.15) is 4.31 Å². The van der Waals surface area contributed by atoms with E-state index in [0.29, 0.717) is 26.3 Å². The standard InChI is InChI=1S/C17H19N3O4S/c21-17(19-18-15-6-2-1-3-7-15)14-5-4-8-16(13-14)25(22,23)20-9-11-24-12-10-20/h1-8,13,18H,9-12H2,(H,19,21). The summed E-state index contributed by atoms with van der Waals surface area (Å²) >= 11 is 0. The van der Waals surface area contributed by atoms with Crippen LogP contribution in [0.3, 0.4) is 0 Å². The van der Waals surface area contributed by atoms with Gasteiger partial charge in [0.05, 0.1) is 23.8 Å². The van der Waals surface area contributed by atoms with E-state index in [0.717, 1.165) is 5.69 Å². The van der Waals surface area contributed by atoms with Gasteiger partial charge in [0.2, 0.25) is 10.0 Å². The Morgan fingerprint density at radius 2 is 1.72 bits per heavy atom. The van der Waals surface area contributed by atoms with Crippen molar-refractivity contribution in [3.63, 3.8) is 0 Å². The molecule has 0 bridgehead atoms. The molecule has 2 N–H and O–H groups in total. The highest BCUT2D eigenvalue weighted by molar-refractivity contribution is 7.89. The molecule has 132 valence electrons. The molecule has 1 amide bonds. The van der Waals surface area contributed by atoms with Crippen molar-refractivity contribution in [2.24, 2.45) is 0 Å². The van der Waals surface area contributed by atoms with E-state index in [1.807, 2.05) is 18.2 Å². The summed E-state index contributed by atoms with van der Waals surface area (Å²) in [6, 6.07) is 15.2. The average molecular weight is 361 g/mol. The van der Waals surface area contributed by atoms with Gasteiger partial charge < -0.3 is 4.74 Å². The number of ether oxygens (including phenoxy) is 1. The van der Waals surface area contributed by atoms with Crippen LogP contribution in [0.5, 0.6) is 0 Å². The third kappa shape index (κ3) is 4.16. The van der Waals surface area contributed by atoms with Gasteiger partial charge in [0.1, 0.15) is 0 Å². The van der Waals surface area contributed by atoms with Crippen LogP contribution in [0, 0.1) is 0 Å². The molecule has 0 aliphatic carbocycles. The predicted molar refractivity (Wildman–Crippen MR) is 93.6 cm³/mol. The van der Waals surface area contributed by atoms with Gasteiger partial charge in [-0.05, 0) is 30.3 Å². The molecule has 3 rings (SSSR count). The molecule has 0 radical (unpaired) electrons. The highest BCUT2D eigenvalue weighted by Crippen LogP contribution is 2.18. The maximum Gasteiger partial charge on any atom is 0.269 e. The summed E-state index contributed by atoms with van der Waals surface area (Å²) in [4.78, 5) is 12.4. The van der Waals surface area contributed by atoms with Crippen LogP contribution in [-0.4, -0.2) is 44.9 Å². The lowest BCUT2D eigenvalue weighted by Crippen LogP contribution is -2.40. The number of carbonyl (C=O) groups is 1. The summed E-state index contributed by atoms with van der Waals surface area (Å²) < 4.78 is 31.9. The fraction of sp³-hybridized carbons (Fsp3) is 0.235. The second kappa shape index (κ2) is 7.64. The van der Waals surface area contributed by atoms with Gasteiger partial charge in [-0.25, -0.2) is 8.42 Å². The molecule has 7 nitrogen and oxygen atoms in total. The number of para-hydroxylation sites is 1. The Kier molecular flexibility index (Phi) is 5.32. The molecule has 2 aromatic rings. The zero-order chi connectivity index (χ0) is 17.7. The first kappa shape index (κ1) is 17.4. The molecule has 1 aliphatic heterocycles. The van der Waals surface area contributed by atoms with E-state index < -0.39 is 15.9 Å². The highest BCUT2D eigenvalue weighted by Gasteiger charge is 2.26. The van der Waals surface area contributed by atoms with Crippen molar-refractivity contribution in [1.82, 2.24) is 9.73 Å². The van der Waals surface area contributed by atoms with E-state index in [1.54, 1.807) is 24.3 Å². The number of carbonyl (C=O) groups excluding carboxylic acids is 1. The third-order valence-electron chi connectivity index (χ3n) is 3.80. The van der Waals surface area contributed by atoms with E-state index in [2.05, 4.69) is 10.9 Å². The van der Waals surface area contributed by atoms with E-state index in [9.17, 15) is 13.2 Å². The Morgan fingerprint density at radius 1 is 1.00 bits per heavy atom. The minimum atomic E-state index is -3.63. The lowest BCUT2D eigenvalue weighted by atomic mass is 10.2. The number of nitrogens with zero attached hydrogens (tertiary/aromatic N) is 1. The summed E-state index contributed by atoms with van der Waals surface area (Å²) in [5, 5.41) is 0. The minimum Gasteiger partial charge on any atom is -0.379 e. The van der Waals surface area contributed by atoms with Gasteiger partial charge in [-0.15, -0.1) is 0 Å². The molecular formula is C17H19N3O4S. The molecule has 1 fully saturated rings. The van der Waals surface area contributed by atoms with Gasteiger partial charge in [0.25, 0.3) is 5.91 Å². The van der Waals surface area contributed by atoms with Crippen LogP contribution in [0.25, 0.3) is 0 Å². The quantitative estimate of drug-likeness (QED) is 0.788. The molecule has 0 saturated carbocycles. The highest BCUT2D eigenvalue weighted by atomic mass is 32.2. The molecule has 1 aliphatic rings. The van der Waals surface area contributed by atoms with Crippen LogP contribution >= 0.6 is 0 Å². The number of morpholine rings is 1. The smallest absolute Gasteiger partial charge is 0.269 e. The van der Waals surface area contributed by atoms with Crippen molar-refractivity contribution >= 4 is 21.6 Å². The fourth-order valence-corrected chi connectivity index (χ4v) is 3.91. The van der Waals surface area contributed by atoms with Crippen LogP contribution in [0.1, 0.15) is 10.4 Å². The number of amides is 1. The molecular weight excluding hydrogens is 342 g/mol. The van der Waals surface area contributed by atoms with E-state index in [4.69, 9.17) is 4.74 Å². The normalized spacial score (nSPS) is 15.5. The number of nitrogens with one attached hydrogen (secondary N) is 2. The van der Waals surface area contributed by atoms with Gasteiger partial charge in [-0.1, -0.05) is 24.3 Å². The molecule has 1 heterocycles. The van der Waals surface area contributed by atoms with Crippen molar-refractivity contribution in [3.05, 3.63) is 60.2 Å². The Balaban J connectivity index is 1.73. The lowest BCUT2D eigenvalue weighted by Gasteiger charge is -2.26. The topological polar surface area (TPSA) is 87.7 Å². The van der Waals surface area contributed by atoms with Gasteiger partial charge in [0.15, 0.2) is 0 Å². The van der Waals surface area contributed by atoms with Crippen LogP contribution in [0.2, 0.25) is 0 Å². The Morgan fingerprint density at radius 3 is 2.44 bits per heavy atom. The van der Waals surface area contributed by atoms with Crippen molar-refractivity contribution < 1.29 is 17.9 Å². The lowest BCUT2D eigenvalue weighted by molar-refractivity contribution is 0.0730. The maximum absolute atomic E-state index is 12.7. The Labute approximate surface area is 146 Å². The van der Waals surface area contributed by atoms with E-state index in [1.165, 1.54) is 16.4 Å². The third-order valence-corrected chi connectivity index (χ3v) is 5.69. The first-order valence-corrected chi connectivity index (χ1v) is 9.31. The average Bonchev–Trinajstić information content (AvgIpc) is 2.67. The van der Waals surface area contributed by atoms with E-state index >= 15 is 0 Å². The van der Waals surface area contributed by atoms with Crippen molar-refractivity contribution in [1.29, 1.82) is 0 Å². The summed E-state index contributed by atoms with van der Waals surface area (Å²) in [5.41, 5.74) is 6.34. The number of hydrazine groups is 1. The molecule has 8 heteroatoms. The Bertz CT molecular complexity index is 834. The molecule has 0 unspecified atom stereocenters. The van der Waals surface area contributed by atoms with E-state index in [-0.39, 0.29) is 10.5 Å². The summed E-state index contributed by atoms with van der Waals surface area (Å²) in [6.45, 7) is 1.38. The SMILES string of the molecule is O=C(NNc1ccccc1)c1cccc(S(=O)(=O)N2CCOCC2)c1. The fourth-order valence-electron chi connectivity index (χ4n) is 2.46. The summed E-state index contributed by atoms with van der Waals surface area (Å²) in [6.07, 6.45) is 0. The second-order valence-corrected chi connectivity index (χ2v) is 7.43. The van der Waals surface area contributed by atoms with Gasteiger partial charge in [0, 0.05) is 18.7 Å². The van der Waals surface area contributed by atoms with Gasteiger partial charge in [-0.3, -0.25) is 15.6 Å². The van der Waals surface area contributed by atoms with Crippen LogP contribution in [0.15, 0.2) is 59.5 Å². The predicted octanol–water partition coefficient (Wildman–Crippen LogP) is 1.46. The monoisotopic (exact) mass is 361 g/mol. The summed E-state index contributed by atoms with van der Waals surface area (Å²) in [7, 11) is -3.63. The molecule has 0 atom stereocenters. The zero-order valence-corrected chi connectivity index (χ0v) is 14.3. The largest absolute Gasteiger partial charge is 0.379 e. The molecule has 1 saturated heterocycles. The van der Waals surface area contributed by atoms with Crippen molar-refractivity contribution in [2.45, 2.75) is 4.90 Å². The van der Waals surface area contributed by atoms with Crippen molar-refractivity contribution in [3.8, 4) is 0 Å². The number of sulfonamides is 1. The van der Waals surface area contributed by atoms with Gasteiger partial charge >= 0.3 is 0 Å². The number of rotatable bonds is 5.